The molecule has 0 aliphatic heterocycles. The standard InChI is InChI=1S/C7H6FO3P/c8-7-3-1-6(2-4-7)5-11-12(9)10/h1-4H,5H2. The van der Waals surface area contributed by atoms with Crippen LogP contribution in [0.2, 0.25) is 0 Å². The van der Waals surface area contributed by atoms with Gasteiger partial charge in [0.25, 0.3) is 0 Å². The number of rotatable bonds is 3. The molecule has 1 aromatic carbocycles. The fraction of sp³-hybridized carbons (Fsp3) is 0.143. The van der Waals surface area contributed by atoms with Gasteiger partial charge in [0, 0.05) is 0 Å². The van der Waals surface area contributed by atoms with Crippen LogP contribution in [0.15, 0.2) is 24.3 Å². The number of hydrogen-bond donors (Lipinski definition) is 0. The van der Waals surface area contributed by atoms with E-state index in [1.165, 1.54) is 24.3 Å². The third kappa shape index (κ3) is 3.05. The van der Waals surface area contributed by atoms with E-state index < -0.39 is 8.25 Å². The maximum atomic E-state index is 12.3. The van der Waals surface area contributed by atoms with Gasteiger partial charge in [0.1, 0.15) is 12.4 Å². The first kappa shape index (κ1) is 9.26. The summed E-state index contributed by atoms with van der Waals surface area (Å²) in [4.78, 5) is 9.98. The smallest absolute Gasteiger partial charge is 0.488 e. The molecule has 3 nitrogen and oxygen atoms in total. The zero-order valence-electron chi connectivity index (χ0n) is 6.07. The van der Waals surface area contributed by atoms with Crippen molar-refractivity contribution in [1.29, 1.82) is 0 Å². The van der Waals surface area contributed by atoms with Crippen molar-refractivity contribution < 1.29 is 18.4 Å². The summed E-state index contributed by atoms with van der Waals surface area (Å²) in [6.07, 6.45) is 0. The van der Waals surface area contributed by atoms with E-state index in [2.05, 4.69) is 4.52 Å². The molecule has 0 heterocycles. The number of benzene rings is 1. The van der Waals surface area contributed by atoms with E-state index in [9.17, 15) is 13.8 Å². The highest BCUT2D eigenvalue weighted by molar-refractivity contribution is 7.30. The molecule has 5 heteroatoms. The highest BCUT2D eigenvalue weighted by atomic mass is 31.1. The lowest BCUT2D eigenvalue weighted by atomic mass is 10.2. The van der Waals surface area contributed by atoms with Gasteiger partial charge >= 0.3 is 8.25 Å². The fourth-order valence-electron chi connectivity index (χ4n) is 0.708. The largest absolute Gasteiger partial charge is 0.566 e. The van der Waals surface area contributed by atoms with Gasteiger partial charge in [-0.15, -0.1) is 4.52 Å². The summed E-state index contributed by atoms with van der Waals surface area (Å²) < 4.78 is 26.6. The molecule has 0 N–H and O–H groups in total. The summed E-state index contributed by atoms with van der Waals surface area (Å²) in [7, 11) is -2.83. The van der Waals surface area contributed by atoms with Gasteiger partial charge in [0.05, 0.1) is 0 Å². The Morgan fingerprint density at radius 1 is 1.42 bits per heavy atom. The number of halogens is 1. The second-order valence-corrected chi connectivity index (χ2v) is 2.83. The van der Waals surface area contributed by atoms with E-state index in [4.69, 9.17) is 0 Å². The van der Waals surface area contributed by atoms with Gasteiger partial charge in [-0.05, 0) is 22.3 Å². The van der Waals surface area contributed by atoms with E-state index in [0.29, 0.717) is 5.56 Å². The molecule has 0 bridgehead atoms. The summed E-state index contributed by atoms with van der Waals surface area (Å²) in [6.45, 7) is -0.0427. The minimum absolute atomic E-state index is 0.0427. The lowest BCUT2D eigenvalue weighted by Crippen LogP contribution is -1.92. The summed E-state index contributed by atoms with van der Waals surface area (Å²) in [6, 6.07) is 5.43. The summed E-state index contributed by atoms with van der Waals surface area (Å²) >= 11 is 0. The normalized spacial score (nSPS) is 11.3. The van der Waals surface area contributed by atoms with Crippen molar-refractivity contribution in [3.63, 3.8) is 0 Å². The highest BCUT2D eigenvalue weighted by Gasteiger charge is 2.01. The average molecular weight is 188 g/mol. The molecule has 0 spiro atoms. The van der Waals surface area contributed by atoms with Crippen LogP contribution in [0.25, 0.3) is 0 Å². The van der Waals surface area contributed by atoms with Gasteiger partial charge in [-0.1, -0.05) is 12.1 Å². The Bertz CT molecular complexity index is 272. The van der Waals surface area contributed by atoms with Crippen LogP contribution in [-0.2, 0) is 15.7 Å². The van der Waals surface area contributed by atoms with Crippen LogP contribution in [0, 0.1) is 5.82 Å². The summed E-state index contributed by atoms with van der Waals surface area (Å²) in [5, 5.41) is 0. The van der Waals surface area contributed by atoms with E-state index in [1.54, 1.807) is 0 Å². The molecule has 0 saturated carbocycles. The minimum Gasteiger partial charge on any atom is -0.566 e. The monoisotopic (exact) mass is 188 g/mol. The molecule has 0 amide bonds. The van der Waals surface area contributed by atoms with E-state index >= 15 is 0 Å². The van der Waals surface area contributed by atoms with Gasteiger partial charge in [0.2, 0.25) is 0 Å². The zero-order valence-corrected chi connectivity index (χ0v) is 6.96. The molecule has 0 fully saturated rings. The molecule has 0 aromatic heterocycles. The maximum Gasteiger partial charge on any atom is 0.488 e. The van der Waals surface area contributed by atoms with Crippen molar-refractivity contribution in [1.82, 2.24) is 0 Å². The molecular formula is C7H6FO3P. The predicted octanol–water partition coefficient (Wildman–Crippen LogP) is 1.36. The van der Waals surface area contributed by atoms with Crippen LogP contribution in [0.5, 0.6) is 0 Å². The highest BCUT2D eigenvalue weighted by Crippen LogP contribution is 2.13. The van der Waals surface area contributed by atoms with Gasteiger partial charge < -0.3 is 4.89 Å². The van der Waals surface area contributed by atoms with Crippen molar-refractivity contribution >= 4 is 8.25 Å². The number of hydrogen-bond acceptors (Lipinski definition) is 3. The third-order valence-electron chi connectivity index (χ3n) is 1.25. The molecule has 1 atom stereocenters. The van der Waals surface area contributed by atoms with E-state index in [-0.39, 0.29) is 12.4 Å². The Morgan fingerprint density at radius 3 is 2.50 bits per heavy atom. The first-order valence-electron chi connectivity index (χ1n) is 3.20. The lowest BCUT2D eigenvalue weighted by molar-refractivity contribution is -0.186. The van der Waals surface area contributed by atoms with Crippen molar-refractivity contribution in [2.24, 2.45) is 0 Å². The van der Waals surface area contributed by atoms with Crippen molar-refractivity contribution in [2.45, 2.75) is 6.61 Å². The van der Waals surface area contributed by atoms with Crippen LogP contribution in [-0.4, -0.2) is 0 Å². The second kappa shape index (κ2) is 4.26. The quantitative estimate of drug-likeness (QED) is 0.673. The van der Waals surface area contributed by atoms with E-state index in [1.807, 2.05) is 0 Å². The van der Waals surface area contributed by atoms with E-state index in [0.717, 1.165) is 0 Å². The Kier molecular flexibility index (Phi) is 3.29. The Labute approximate surface area is 69.7 Å². The molecule has 0 aliphatic carbocycles. The molecule has 1 unspecified atom stereocenters. The lowest BCUT2D eigenvalue weighted by Gasteiger charge is -1.94. The molecule has 64 valence electrons. The maximum absolute atomic E-state index is 12.3. The SMILES string of the molecule is O=[P+]([O-])OCc1ccc(F)cc1. The predicted molar refractivity (Wildman–Crippen MR) is 38.8 cm³/mol. The molecular weight excluding hydrogens is 182 g/mol. The molecule has 0 radical (unpaired) electrons. The van der Waals surface area contributed by atoms with Crippen molar-refractivity contribution in [3.05, 3.63) is 35.6 Å². The van der Waals surface area contributed by atoms with Crippen molar-refractivity contribution in [2.75, 3.05) is 0 Å². The van der Waals surface area contributed by atoms with Gasteiger partial charge in [-0.25, -0.2) is 4.39 Å². The van der Waals surface area contributed by atoms with Gasteiger partial charge in [-0.2, -0.15) is 0 Å². The van der Waals surface area contributed by atoms with Crippen LogP contribution < -0.4 is 4.89 Å². The fourth-order valence-corrected chi connectivity index (χ4v) is 0.962. The Balaban J connectivity index is 2.53. The van der Waals surface area contributed by atoms with Crippen molar-refractivity contribution in [3.8, 4) is 0 Å². The molecule has 12 heavy (non-hydrogen) atoms. The topological polar surface area (TPSA) is 49.4 Å². The summed E-state index contributed by atoms with van der Waals surface area (Å²) in [5.41, 5.74) is 0.621. The zero-order chi connectivity index (χ0) is 8.97. The molecule has 1 aromatic rings. The van der Waals surface area contributed by atoms with Crippen LogP contribution in [0.3, 0.4) is 0 Å². The molecule has 0 aliphatic rings. The van der Waals surface area contributed by atoms with Crippen LogP contribution in [0.1, 0.15) is 5.56 Å². The first-order chi connectivity index (χ1) is 5.68. The molecule has 0 saturated heterocycles. The minimum atomic E-state index is -2.83. The second-order valence-electron chi connectivity index (χ2n) is 2.12. The average Bonchev–Trinajstić information content (AvgIpc) is 2.03. The third-order valence-corrected chi connectivity index (χ3v) is 1.59. The first-order valence-corrected chi connectivity index (χ1v) is 4.30. The van der Waals surface area contributed by atoms with Gasteiger partial charge in [-0.3, -0.25) is 0 Å². The van der Waals surface area contributed by atoms with Crippen LogP contribution in [0.4, 0.5) is 4.39 Å². The summed E-state index contributed by atoms with van der Waals surface area (Å²) in [5.74, 6) is -0.356. The Morgan fingerprint density at radius 2 is 2.00 bits per heavy atom. The molecule has 1 rings (SSSR count). The Hall–Kier alpha value is -0.830. The van der Waals surface area contributed by atoms with Crippen LogP contribution >= 0.6 is 8.25 Å². The van der Waals surface area contributed by atoms with Gasteiger partial charge in [0.15, 0.2) is 0 Å².